The van der Waals surface area contributed by atoms with Gasteiger partial charge in [-0.05, 0) is 55.9 Å². The van der Waals surface area contributed by atoms with Crippen molar-refractivity contribution in [1.82, 2.24) is 5.32 Å². The van der Waals surface area contributed by atoms with E-state index in [1.54, 1.807) is 0 Å². The van der Waals surface area contributed by atoms with Crippen molar-refractivity contribution >= 4 is 12.2 Å². The summed E-state index contributed by atoms with van der Waals surface area (Å²) in [5.41, 5.74) is 0.248. The van der Waals surface area contributed by atoms with Crippen molar-refractivity contribution in [3.63, 3.8) is 0 Å². The molecule has 1 aromatic rings. The van der Waals surface area contributed by atoms with Gasteiger partial charge < -0.3 is 19.6 Å². The van der Waals surface area contributed by atoms with Crippen molar-refractivity contribution in [3.05, 3.63) is 23.5 Å². The topological polar surface area (TPSA) is 64.6 Å². The summed E-state index contributed by atoms with van der Waals surface area (Å²) in [4.78, 5) is 24.5. The molecule has 0 radical (unpaired) electrons. The Morgan fingerprint density at radius 2 is 1.96 bits per heavy atom. The van der Waals surface area contributed by atoms with Crippen LogP contribution in [0.15, 0.2) is 12.1 Å². The first kappa shape index (κ1) is 19.2. The Kier molecular flexibility index (Phi) is 5.30. The Morgan fingerprint density at radius 3 is 2.64 bits per heavy atom. The molecule has 152 valence electrons. The number of benzene rings is 1. The van der Waals surface area contributed by atoms with Crippen LogP contribution in [0.3, 0.4) is 0 Å². The van der Waals surface area contributed by atoms with Gasteiger partial charge in [0.2, 0.25) is 0 Å². The molecule has 6 heteroatoms. The summed E-state index contributed by atoms with van der Waals surface area (Å²) >= 11 is 0. The number of amides is 1. The number of carbonyl (C=O) groups excluding carboxylic acids is 2. The first-order valence-corrected chi connectivity index (χ1v) is 10.3. The molecule has 3 aliphatic rings. The molecule has 3 fully saturated rings. The van der Waals surface area contributed by atoms with Crippen LogP contribution in [0.2, 0.25) is 0 Å². The van der Waals surface area contributed by atoms with Crippen molar-refractivity contribution in [2.24, 2.45) is 23.7 Å². The Labute approximate surface area is 165 Å². The Balaban J connectivity index is 1.51. The van der Waals surface area contributed by atoms with Crippen LogP contribution in [0, 0.1) is 29.5 Å². The van der Waals surface area contributed by atoms with Gasteiger partial charge >= 0.3 is 0 Å². The number of hydrogen-bond donors (Lipinski definition) is 1. The van der Waals surface area contributed by atoms with Crippen molar-refractivity contribution in [2.45, 2.75) is 57.6 Å². The number of fused-ring (bicyclic) bond motifs is 2. The van der Waals surface area contributed by atoms with Crippen LogP contribution < -0.4 is 14.8 Å². The van der Waals surface area contributed by atoms with Crippen LogP contribution in [-0.2, 0) is 4.79 Å². The second kappa shape index (κ2) is 7.72. The minimum atomic E-state index is -0.529. The predicted molar refractivity (Wildman–Crippen MR) is 102 cm³/mol. The lowest BCUT2D eigenvalue weighted by Crippen LogP contribution is -2.44. The monoisotopic (exact) mass is 389 g/mol. The van der Waals surface area contributed by atoms with Crippen molar-refractivity contribution in [2.75, 3.05) is 7.11 Å². The van der Waals surface area contributed by atoms with Crippen LogP contribution in [0.1, 0.15) is 55.8 Å². The van der Waals surface area contributed by atoms with Crippen LogP contribution >= 0.6 is 0 Å². The maximum atomic E-state index is 14.4. The Hall–Kier alpha value is -2.11. The SMILES string of the molecule is CC[C@H]1C[C@@H](Oc2cc(C(=O)N[C@@H]3[C@@H]4CC[C@@H](C4)[C@@H]3C=O)c(OC)cc2F)C1. The Bertz CT molecular complexity index is 761. The van der Waals surface area contributed by atoms with Gasteiger partial charge in [-0.15, -0.1) is 0 Å². The first-order chi connectivity index (χ1) is 13.5. The third-order valence-corrected chi connectivity index (χ3v) is 7.00. The molecule has 0 heterocycles. The molecule has 0 aliphatic heterocycles. The van der Waals surface area contributed by atoms with E-state index in [0.717, 1.165) is 44.8 Å². The lowest BCUT2D eigenvalue weighted by Gasteiger charge is -2.35. The molecule has 3 aliphatic carbocycles. The summed E-state index contributed by atoms with van der Waals surface area (Å²) in [5.74, 6) is 0.598. The minimum Gasteiger partial charge on any atom is -0.496 e. The van der Waals surface area contributed by atoms with Gasteiger partial charge in [0.05, 0.1) is 18.8 Å². The second-order valence-electron chi connectivity index (χ2n) is 8.51. The zero-order chi connectivity index (χ0) is 19.8. The third kappa shape index (κ3) is 3.38. The van der Waals surface area contributed by atoms with E-state index in [9.17, 15) is 14.0 Å². The van der Waals surface area contributed by atoms with Gasteiger partial charge in [-0.1, -0.05) is 13.3 Å². The van der Waals surface area contributed by atoms with Gasteiger partial charge in [0.15, 0.2) is 11.6 Å². The number of nitrogens with one attached hydrogen (secondary N) is 1. The highest BCUT2D eigenvalue weighted by Gasteiger charge is 2.48. The lowest BCUT2D eigenvalue weighted by molar-refractivity contribution is -0.113. The molecule has 0 aromatic heterocycles. The molecule has 1 N–H and O–H groups in total. The predicted octanol–water partition coefficient (Wildman–Crippen LogP) is 3.75. The molecule has 0 unspecified atom stereocenters. The summed E-state index contributed by atoms with van der Waals surface area (Å²) in [7, 11) is 1.41. The van der Waals surface area contributed by atoms with E-state index in [-0.39, 0.29) is 41.0 Å². The largest absolute Gasteiger partial charge is 0.496 e. The number of rotatable bonds is 7. The molecule has 0 spiro atoms. The number of carbonyl (C=O) groups is 2. The highest BCUT2D eigenvalue weighted by Crippen LogP contribution is 2.48. The maximum Gasteiger partial charge on any atom is 0.255 e. The molecule has 28 heavy (non-hydrogen) atoms. The molecule has 1 aromatic carbocycles. The second-order valence-corrected chi connectivity index (χ2v) is 8.51. The summed E-state index contributed by atoms with van der Waals surface area (Å²) in [6.07, 6.45) is 6.97. The molecule has 2 bridgehead atoms. The molecule has 4 atom stereocenters. The molecular weight excluding hydrogens is 361 g/mol. The average Bonchev–Trinajstić information content (AvgIpc) is 3.26. The van der Waals surface area contributed by atoms with Crippen molar-refractivity contribution in [1.29, 1.82) is 0 Å². The Morgan fingerprint density at radius 1 is 1.21 bits per heavy atom. The summed E-state index contributed by atoms with van der Waals surface area (Å²) < 4.78 is 25.5. The molecule has 4 rings (SSSR count). The van der Waals surface area contributed by atoms with E-state index >= 15 is 0 Å². The van der Waals surface area contributed by atoms with E-state index in [4.69, 9.17) is 9.47 Å². The van der Waals surface area contributed by atoms with Gasteiger partial charge in [-0.2, -0.15) is 0 Å². The summed E-state index contributed by atoms with van der Waals surface area (Å²) in [6.45, 7) is 2.14. The molecule has 3 saturated carbocycles. The van der Waals surface area contributed by atoms with E-state index in [2.05, 4.69) is 12.2 Å². The quantitative estimate of drug-likeness (QED) is 0.722. The van der Waals surface area contributed by atoms with Crippen LogP contribution in [0.4, 0.5) is 4.39 Å². The van der Waals surface area contributed by atoms with Gasteiger partial charge in [-0.25, -0.2) is 4.39 Å². The standard InChI is InChI=1S/C22H28FNO4/c1-3-12-6-15(7-12)28-20-9-16(19(27-2)10-18(20)23)22(26)24-21-14-5-4-13(8-14)17(21)11-25/h9-15,17,21H,3-8H2,1-2H3,(H,24,26)/t12-,13-,14+,15+,17-,21+/m0/s1. The maximum absolute atomic E-state index is 14.4. The fourth-order valence-corrected chi connectivity index (χ4v) is 5.23. The zero-order valence-corrected chi connectivity index (χ0v) is 16.4. The van der Waals surface area contributed by atoms with E-state index in [0.29, 0.717) is 17.8 Å². The number of ether oxygens (including phenoxy) is 2. The summed E-state index contributed by atoms with van der Waals surface area (Å²) in [6, 6.07) is 2.49. The van der Waals surface area contributed by atoms with Crippen molar-refractivity contribution < 1.29 is 23.5 Å². The van der Waals surface area contributed by atoms with Crippen LogP contribution in [0.25, 0.3) is 0 Å². The molecule has 5 nitrogen and oxygen atoms in total. The van der Waals surface area contributed by atoms with Gasteiger partial charge in [0, 0.05) is 18.0 Å². The normalized spacial score (nSPS) is 33.2. The fraction of sp³-hybridized carbons (Fsp3) is 0.636. The highest BCUT2D eigenvalue weighted by molar-refractivity contribution is 5.97. The number of aldehydes is 1. The van der Waals surface area contributed by atoms with Crippen molar-refractivity contribution in [3.8, 4) is 11.5 Å². The van der Waals surface area contributed by atoms with E-state index < -0.39 is 5.82 Å². The number of halogens is 1. The van der Waals surface area contributed by atoms with E-state index in [1.165, 1.54) is 19.2 Å². The van der Waals surface area contributed by atoms with E-state index in [1.807, 2.05) is 0 Å². The van der Waals surface area contributed by atoms with Crippen LogP contribution in [-0.4, -0.2) is 31.4 Å². The fourth-order valence-electron chi connectivity index (χ4n) is 5.23. The molecule has 0 saturated heterocycles. The van der Waals surface area contributed by atoms with Gasteiger partial charge in [0.1, 0.15) is 12.0 Å². The first-order valence-electron chi connectivity index (χ1n) is 10.3. The average molecular weight is 389 g/mol. The lowest BCUT2D eigenvalue weighted by atomic mass is 9.80. The third-order valence-electron chi connectivity index (χ3n) is 7.00. The van der Waals surface area contributed by atoms with Crippen LogP contribution in [0.5, 0.6) is 11.5 Å². The number of hydrogen-bond acceptors (Lipinski definition) is 4. The minimum absolute atomic E-state index is 0.00577. The molecule has 1 amide bonds. The smallest absolute Gasteiger partial charge is 0.255 e. The number of methoxy groups -OCH3 is 1. The zero-order valence-electron chi connectivity index (χ0n) is 16.4. The summed E-state index contributed by atoms with van der Waals surface area (Å²) in [5, 5.41) is 3.02. The van der Waals surface area contributed by atoms with Gasteiger partial charge in [-0.3, -0.25) is 4.79 Å². The molecular formula is C22H28FNO4. The highest BCUT2D eigenvalue weighted by atomic mass is 19.1. The van der Waals surface area contributed by atoms with Gasteiger partial charge in [0.25, 0.3) is 5.91 Å².